The molecule has 5 heterocycles. The first kappa shape index (κ1) is 116. The van der Waals surface area contributed by atoms with Crippen molar-refractivity contribution in [3.8, 4) is 40.2 Å². The summed E-state index contributed by atoms with van der Waals surface area (Å²) < 4.78 is 94.1. The van der Waals surface area contributed by atoms with Crippen LogP contribution in [0.3, 0.4) is 0 Å². The van der Waals surface area contributed by atoms with Gasteiger partial charge in [0.25, 0.3) is 11.9 Å². The molecular weight excluding hydrogens is 2030 g/mol. The van der Waals surface area contributed by atoms with Crippen molar-refractivity contribution in [1.82, 2.24) is 15.6 Å². The number of ketones is 3. The number of fused-ring (bicyclic) bond motifs is 8. The number of amides is 2. The van der Waals surface area contributed by atoms with Crippen LogP contribution < -0.4 is 39.3 Å². The number of allylic oxidation sites excluding steroid dienone is 3. The first-order chi connectivity index (χ1) is 70.0. The van der Waals surface area contributed by atoms with Gasteiger partial charge in [-0.1, -0.05) is 97.8 Å². The Bertz CT molecular complexity index is 5770. The van der Waals surface area contributed by atoms with E-state index in [1.54, 1.807) is 40.7 Å². The number of benzene rings is 6. The van der Waals surface area contributed by atoms with Gasteiger partial charge in [0.1, 0.15) is 65.9 Å². The number of aromatic nitrogens is 1. The van der Waals surface area contributed by atoms with Crippen LogP contribution in [0.15, 0.2) is 157 Å². The summed E-state index contributed by atoms with van der Waals surface area (Å²) in [6, 6.07) is 32.9. The van der Waals surface area contributed by atoms with E-state index in [1.165, 1.54) is 32.2 Å². The molecule has 13 rings (SSSR count). The van der Waals surface area contributed by atoms with E-state index in [-0.39, 0.29) is 127 Å². The monoisotopic (exact) mass is 2170 g/mol. The van der Waals surface area contributed by atoms with Gasteiger partial charge in [-0.05, 0) is 161 Å². The number of aliphatic hydroxyl groups is 3. The minimum Gasteiger partial charge on any atom is -0.661 e. The smallest absolute Gasteiger partial charge is 0.407 e. The van der Waals surface area contributed by atoms with Crippen molar-refractivity contribution in [2.75, 3.05) is 148 Å². The second kappa shape index (κ2) is 57.7. The number of aliphatic imine (C=N–C) groups is 4. The van der Waals surface area contributed by atoms with Gasteiger partial charge in [0.05, 0.1) is 183 Å². The Morgan fingerprint density at radius 3 is 1.70 bits per heavy atom. The van der Waals surface area contributed by atoms with Crippen LogP contribution in [0.2, 0.25) is 0 Å². The molecular formula is C108H134GdN7O30-. The van der Waals surface area contributed by atoms with Crippen molar-refractivity contribution in [1.29, 1.82) is 0 Å². The maximum Gasteiger partial charge on any atom is 0.407 e. The van der Waals surface area contributed by atoms with Crippen LogP contribution in [-0.4, -0.2) is 285 Å². The molecule has 38 heteroatoms. The molecule has 7 atom stereocenters. The molecule has 6 aliphatic rings. The van der Waals surface area contributed by atoms with Crippen molar-refractivity contribution in [2.24, 2.45) is 20.0 Å². The number of aliphatic hydroxyl groups excluding tert-OH is 2. The zero-order valence-electron chi connectivity index (χ0n) is 84.6. The number of hydrogen-bond donors (Lipinski definition) is 9. The third-order valence-electron chi connectivity index (χ3n) is 25.4. The molecule has 0 radical (unpaired) electrons. The number of carboxylic acids is 2. The summed E-state index contributed by atoms with van der Waals surface area (Å²) in [5.74, 6) is -3.66. The van der Waals surface area contributed by atoms with E-state index in [2.05, 4.69) is 73.9 Å². The molecule has 2 aliphatic carbocycles. The number of alkyl carbamates (subject to hydrolysis) is 2. The Morgan fingerprint density at radius 1 is 0.596 bits per heavy atom. The van der Waals surface area contributed by atoms with Crippen LogP contribution in [0.25, 0.3) is 6.08 Å². The van der Waals surface area contributed by atoms with Crippen molar-refractivity contribution in [2.45, 2.75) is 186 Å². The molecule has 7 aromatic rings. The molecule has 0 spiro atoms. The number of nitrogens with zero attached hydrogens (tertiary/aromatic N) is 5. The maximum absolute atomic E-state index is 14.2. The first-order valence-electron chi connectivity index (χ1n) is 48.7. The van der Waals surface area contributed by atoms with Crippen LogP contribution in [0.4, 0.5) is 21.0 Å². The molecule has 0 saturated carbocycles. The number of unbranched alkanes of at least 4 members (excludes halogenated alkanes) is 3. The normalized spacial score (nSPS) is 18.4. The number of carbonyl (C=O) groups excluding carboxylic acids is 5. The Hall–Kier alpha value is -11.6. The summed E-state index contributed by atoms with van der Waals surface area (Å²) in [5.41, 5.74) is 8.47. The van der Waals surface area contributed by atoms with Gasteiger partial charge in [0, 0.05) is 129 Å². The van der Waals surface area contributed by atoms with Gasteiger partial charge in [-0.3, -0.25) is 38.9 Å². The Kier molecular flexibility index (Phi) is 46.0. The summed E-state index contributed by atoms with van der Waals surface area (Å²) in [5, 5.41) is 77.3. The minimum absolute atomic E-state index is 0. The van der Waals surface area contributed by atoms with Crippen molar-refractivity contribution in [3.05, 3.63) is 210 Å². The molecule has 146 heavy (non-hydrogen) atoms. The standard InChI is InChI=1S/C104H127N7O26.2C2H4O2.Gd/c1-11-71-72(12-2)78-54-80-74(27-22-40-135-104(66-23-16-15-17-24-66,67-29-33-69(124-8)34-30-67)68-31-35-70(125-9)36-32-68)64(4)85(110-80)61-107-82-56-88(132-52-50-130-48-46-128-44-42-123-7)87(131-51-49-129-47-45-127-43-41-122-6)55-81(82)106-60-84-63(3)73(79(109-84)53-77(71)108-78)26-21-37-105-101(119)133-38-18-13-14-19-39-134-102(120)111-83-57-91(136-65(5)96(83)114)137-89-59-103(121,90(113)62-112)58-76-93(89)100(118)95-94(98(76)116)97(115)75-25-20-28-86(126-10)92(75)99(95)117;2*1-2(3)4;/h15-17,20,23-25,28-36,53,55-56,60-61,65,80,83,89,91,96,112,114,121H,11-14,18-19,21-22,26-27,37-52,54,57-59,62H2,1-10H3,(H5,105,106,107,108,109,110,111,115,116,117,118,119,120);2*1H3,(H,3,4);/p-1/t65-,80?,83-,89?,91+,96+,103?;;;/m0.../s1. The fourth-order valence-electron chi connectivity index (χ4n) is 18.2. The van der Waals surface area contributed by atoms with Crippen LogP contribution in [0.1, 0.15) is 201 Å². The Balaban J connectivity index is 0.00000234. The van der Waals surface area contributed by atoms with Crippen molar-refractivity contribution < 1.29 is 185 Å². The molecule has 4 aliphatic heterocycles. The average molecular weight is 2170 g/mol. The number of phenolic OH excluding ortho intramolecular Hbond substituents is 2. The molecule has 9 N–H and O–H groups in total. The van der Waals surface area contributed by atoms with E-state index in [9.17, 15) is 49.5 Å². The average Bonchev–Trinajstić information content (AvgIpc) is 1.05. The number of ether oxygens (including phenoxy) is 16. The topological polar surface area (TPSA) is 496 Å². The summed E-state index contributed by atoms with van der Waals surface area (Å²) in [7, 11) is 7.86. The molecule has 1 aromatic heterocycles. The van der Waals surface area contributed by atoms with Gasteiger partial charge in [0.2, 0.25) is 5.78 Å². The minimum atomic E-state index is -2.40. The third kappa shape index (κ3) is 30.4. The number of nitrogens with one attached hydrogen (secondary N) is 2. The van der Waals surface area contributed by atoms with Gasteiger partial charge in [-0.2, -0.15) is 5.69 Å². The predicted octanol–water partition coefficient (Wildman–Crippen LogP) is 13.6. The summed E-state index contributed by atoms with van der Waals surface area (Å²) in [4.78, 5) is 113. The number of phenols is 2. The number of aliphatic carboxylic acids is 2. The van der Waals surface area contributed by atoms with E-state index >= 15 is 0 Å². The third-order valence-corrected chi connectivity index (χ3v) is 25.4. The largest absolute Gasteiger partial charge is 0.661 e. The summed E-state index contributed by atoms with van der Waals surface area (Å²) in [6.07, 6.45) is 3.95. The van der Waals surface area contributed by atoms with Gasteiger partial charge in [-0.25, -0.2) is 14.6 Å². The van der Waals surface area contributed by atoms with Gasteiger partial charge in [0.15, 0.2) is 29.4 Å². The molecule has 790 valence electrons. The van der Waals surface area contributed by atoms with E-state index in [1.807, 2.05) is 61.7 Å². The van der Waals surface area contributed by atoms with E-state index < -0.39 is 125 Å². The van der Waals surface area contributed by atoms with Gasteiger partial charge in [-0.15, -0.1) is 5.69 Å². The van der Waals surface area contributed by atoms with E-state index in [0.29, 0.717) is 164 Å². The number of Topliss-reactive ketones (excluding diaryl/α,β-unsaturated/α-hetero) is 1. The Morgan fingerprint density at radius 2 is 1.14 bits per heavy atom. The Labute approximate surface area is 881 Å². The quantitative estimate of drug-likeness (QED) is 0.00971. The summed E-state index contributed by atoms with van der Waals surface area (Å²) >= 11 is 0. The van der Waals surface area contributed by atoms with Gasteiger partial charge < -0.3 is 127 Å². The van der Waals surface area contributed by atoms with E-state index in [0.717, 1.165) is 93.3 Å². The molecule has 1 saturated heterocycles. The predicted molar refractivity (Wildman–Crippen MR) is 538 cm³/mol. The van der Waals surface area contributed by atoms with Gasteiger partial charge >= 0.3 is 12.2 Å². The van der Waals surface area contributed by atoms with E-state index in [4.69, 9.17) is 121 Å². The second-order valence-corrected chi connectivity index (χ2v) is 35.0. The number of methoxy groups -OCH3 is 5. The first-order valence-corrected chi connectivity index (χ1v) is 48.7. The fourth-order valence-corrected chi connectivity index (χ4v) is 18.2. The SMILES string of the molecule is CC(=O)O.CC(=O)O.CCc1c2[n-]c(c1CC)CC1N=C(C=Nc3cc(OCCOCCOCCOC)c(OCCOCCOCCOC)cc3N=CC3=N/C(=C\2)C(CCCNC(=O)OCCCCCCOC(=O)N[C@H]2C[C@@H](OC4CC(O)(C(=O)CO)Cc5c(O)c6c(c(O)c54)C(=O)c4c(OC)cccc4C6=O)O[C@@H](C)[C@H]2O)=C3C)C(C)=C1CCCOC(c1ccccc1)(c1ccc(OC)cc1)c1ccc(OC)cc1.[Gd]. The van der Waals surface area contributed by atoms with Crippen molar-refractivity contribution >= 4 is 82.8 Å². The molecule has 1 fully saturated rings. The molecule has 6 bridgehead atoms. The van der Waals surface area contributed by atoms with Crippen LogP contribution >= 0.6 is 0 Å². The molecule has 2 amide bonds. The van der Waals surface area contributed by atoms with Crippen LogP contribution in [-0.2, 0) is 97.8 Å². The second-order valence-electron chi connectivity index (χ2n) is 35.0. The molecule has 6 aromatic carbocycles. The number of carbonyl (C=O) groups is 7. The number of carboxylic acid groups (broad SMARTS) is 2. The fraction of sp³-hybridized carbons (Fsp3) is 0.472. The van der Waals surface area contributed by atoms with Crippen LogP contribution in [0, 0.1) is 39.9 Å². The number of hydrogen-bond acceptors (Lipinski definition) is 32. The maximum atomic E-state index is 14.2. The summed E-state index contributed by atoms with van der Waals surface area (Å²) in [6.45, 7) is 15.9. The number of rotatable bonds is 49. The van der Waals surface area contributed by atoms with Crippen molar-refractivity contribution in [3.63, 3.8) is 0 Å². The molecule has 3 unspecified atom stereocenters. The molecule has 37 nitrogen and oxygen atoms in total. The van der Waals surface area contributed by atoms with Crippen LogP contribution in [0.5, 0.6) is 40.2 Å². The number of aromatic hydroxyl groups is 2. The zero-order chi connectivity index (χ0) is 104. The zero-order valence-corrected chi connectivity index (χ0v) is 86.9.